The van der Waals surface area contributed by atoms with Crippen molar-refractivity contribution in [2.45, 2.75) is 50.0 Å². The Hall–Kier alpha value is -2.29. The highest BCUT2D eigenvalue weighted by Gasteiger charge is 2.37. The van der Waals surface area contributed by atoms with Crippen molar-refractivity contribution in [3.8, 4) is 0 Å². The van der Waals surface area contributed by atoms with Crippen molar-refractivity contribution in [3.63, 3.8) is 0 Å². The van der Waals surface area contributed by atoms with E-state index in [9.17, 15) is 13.2 Å². The quantitative estimate of drug-likeness (QED) is 0.537. The van der Waals surface area contributed by atoms with Crippen LogP contribution < -0.4 is 0 Å². The molecule has 0 saturated carbocycles. The zero-order chi connectivity index (χ0) is 23.0. The van der Waals surface area contributed by atoms with Crippen molar-refractivity contribution in [2.24, 2.45) is 5.92 Å². The molecule has 2 aromatic carbocycles. The fourth-order valence-electron chi connectivity index (χ4n) is 4.92. The van der Waals surface area contributed by atoms with Gasteiger partial charge in [-0.15, -0.1) is 11.3 Å². The number of carbonyl (C=O) groups excluding carboxylic acids is 1. The summed E-state index contributed by atoms with van der Waals surface area (Å²) >= 11 is 1.68. The predicted octanol–water partition coefficient (Wildman–Crippen LogP) is 4.76. The van der Waals surface area contributed by atoms with Gasteiger partial charge in [0, 0.05) is 25.6 Å². The van der Waals surface area contributed by atoms with Crippen LogP contribution >= 0.6 is 11.3 Å². The molecule has 0 radical (unpaired) electrons. The number of nitrogens with zero attached hydrogens (tertiary/aromatic N) is 3. The summed E-state index contributed by atoms with van der Waals surface area (Å²) in [6.45, 7) is 3.45. The molecule has 3 heterocycles. The number of fused-ring (bicyclic) bond motifs is 1. The van der Waals surface area contributed by atoms with Gasteiger partial charge in [0.15, 0.2) is 0 Å². The monoisotopic (exact) mass is 483 g/mol. The summed E-state index contributed by atoms with van der Waals surface area (Å²) in [5.74, 6) is 0.0239. The van der Waals surface area contributed by atoms with E-state index >= 15 is 0 Å². The Balaban J connectivity index is 1.29. The van der Waals surface area contributed by atoms with E-state index in [4.69, 9.17) is 4.98 Å². The number of rotatable bonds is 4. The first kappa shape index (κ1) is 22.5. The average molecular weight is 484 g/mol. The van der Waals surface area contributed by atoms with Crippen molar-refractivity contribution in [2.75, 3.05) is 19.6 Å². The van der Waals surface area contributed by atoms with Gasteiger partial charge in [0.25, 0.3) is 0 Å². The Labute approximate surface area is 199 Å². The molecular weight excluding hydrogens is 454 g/mol. The highest BCUT2D eigenvalue weighted by molar-refractivity contribution is 7.89. The number of benzene rings is 2. The first-order valence-electron chi connectivity index (χ1n) is 11.7. The van der Waals surface area contributed by atoms with Gasteiger partial charge in [-0.1, -0.05) is 29.8 Å². The highest BCUT2D eigenvalue weighted by atomic mass is 32.2. The fraction of sp³-hybridized carbons (Fsp3) is 0.440. The summed E-state index contributed by atoms with van der Waals surface area (Å²) in [6.07, 6.45) is 4.16. The first-order valence-corrected chi connectivity index (χ1v) is 13.9. The van der Waals surface area contributed by atoms with Gasteiger partial charge in [0.1, 0.15) is 5.01 Å². The number of aromatic nitrogens is 1. The Morgan fingerprint density at radius 2 is 1.70 bits per heavy atom. The lowest BCUT2D eigenvalue weighted by atomic mass is 9.93. The molecule has 6 nitrogen and oxygen atoms in total. The van der Waals surface area contributed by atoms with E-state index in [1.165, 1.54) is 4.31 Å². The van der Waals surface area contributed by atoms with Crippen LogP contribution in [0.25, 0.3) is 10.2 Å². The number of aryl methyl sites for hydroxylation is 1. The van der Waals surface area contributed by atoms with Crippen LogP contribution in [0.4, 0.5) is 0 Å². The molecule has 2 saturated heterocycles. The van der Waals surface area contributed by atoms with Crippen molar-refractivity contribution < 1.29 is 13.2 Å². The molecule has 8 heteroatoms. The van der Waals surface area contributed by atoms with Crippen LogP contribution in [0.1, 0.15) is 48.7 Å². The minimum absolute atomic E-state index is 0.0259. The van der Waals surface area contributed by atoms with Gasteiger partial charge in [-0.05, 0) is 63.3 Å². The summed E-state index contributed by atoms with van der Waals surface area (Å²) in [5, 5.41) is 1.02. The number of hydrogen-bond acceptors (Lipinski definition) is 5. The number of hydrogen-bond donors (Lipinski definition) is 0. The van der Waals surface area contributed by atoms with E-state index in [2.05, 4.69) is 6.07 Å². The van der Waals surface area contributed by atoms with Crippen LogP contribution in [-0.2, 0) is 14.8 Å². The van der Waals surface area contributed by atoms with Crippen LogP contribution in [0.2, 0.25) is 0 Å². The van der Waals surface area contributed by atoms with Crippen LogP contribution in [0.3, 0.4) is 0 Å². The molecule has 2 aliphatic heterocycles. The largest absolute Gasteiger partial charge is 0.333 e. The average Bonchev–Trinajstić information content (AvgIpc) is 3.28. The molecule has 5 rings (SSSR count). The number of para-hydroxylation sites is 1. The number of thiazole rings is 1. The van der Waals surface area contributed by atoms with Gasteiger partial charge in [-0.3, -0.25) is 4.79 Å². The van der Waals surface area contributed by atoms with Crippen molar-refractivity contribution >= 4 is 37.5 Å². The smallest absolute Gasteiger partial charge is 0.243 e. The van der Waals surface area contributed by atoms with Crippen LogP contribution in [0.5, 0.6) is 0 Å². The molecular formula is C25H29N3O3S2. The Morgan fingerprint density at radius 1 is 0.970 bits per heavy atom. The summed E-state index contributed by atoms with van der Waals surface area (Å²) in [4.78, 5) is 20.7. The number of sulfonamides is 1. The SMILES string of the molecule is Cc1ccc(S(=O)(=O)N2CCC(C(=O)N3CCCCC3c3nc4ccccc4s3)CC2)cc1. The van der Waals surface area contributed by atoms with E-state index in [-0.39, 0.29) is 17.9 Å². The highest BCUT2D eigenvalue weighted by Crippen LogP contribution is 2.37. The van der Waals surface area contributed by atoms with E-state index in [0.717, 1.165) is 46.6 Å². The van der Waals surface area contributed by atoms with Crippen LogP contribution in [0, 0.1) is 12.8 Å². The first-order chi connectivity index (χ1) is 15.9. The third-order valence-corrected chi connectivity index (χ3v) is 9.89. The topological polar surface area (TPSA) is 70.6 Å². The van der Waals surface area contributed by atoms with Gasteiger partial charge >= 0.3 is 0 Å². The Morgan fingerprint density at radius 3 is 2.42 bits per heavy atom. The maximum Gasteiger partial charge on any atom is 0.243 e. The second-order valence-corrected chi connectivity index (χ2v) is 12.1. The molecule has 3 aromatic rings. The molecule has 2 aliphatic rings. The molecule has 33 heavy (non-hydrogen) atoms. The lowest BCUT2D eigenvalue weighted by Gasteiger charge is -2.39. The molecule has 174 valence electrons. The second kappa shape index (κ2) is 9.16. The zero-order valence-corrected chi connectivity index (χ0v) is 20.4. The molecule has 1 unspecified atom stereocenters. The van der Waals surface area contributed by atoms with Gasteiger partial charge in [-0.2, -0.15) is 4.31 Å². The maximum absolute atomic E-state index is 13.6. The van der Waals surface area contributed by atoms with Crippen molar-refractivity contribution in [1.82, 2.24) is 14.2 Å². The molecule has 0 N–H and O–H groups in total. The Bertz CT molecular complexity index is 1210. The third kappa shape index (κ3) is 4.44. The summed E-state index contributed by atoms with van der Waals surface area (Å²) in [7, 11) is -3.52. The van der Waals surface area contributed by atoms with Gasteiger partial charge < -0.3 is 4.90 Å². The van der Waals surface area contributed by atoms with Gasteiger partial charge in [0.05, 0.1) is 21.2 Å². The molecule has 0 spiro atoms. The summed E-state index contributed by atoms with van der Waals surface area (Å²) < 4.78 is 28.7. The Kier molecular flexibility index (Phi) is 6.24. The minimum atomic E-state index is -3.52. The summed E-state index contributed by atoms with van der Waals surface area (Å²) in [5.41, 5.74) is 2.02. The zero-order valence-electron chi connectivity index (χ0n) is 18.8. The van der Waals surface area contributed by atoms with E-state index < -0.39 is 10.0 Å². The summed E-state index contributed by atoms with van der Waals surface area (Å²) in [6, 6.07) is 15.1. The number of carbonyl (C=O) groups is 1. The molecule has 1 atom stereocenters. The number of likely N-dealkylation sites (tertiary alicyclic amines) is 1. The normalized spacial score (nSPS) is 20.9. The van der Waals surface area contributed by atoms with Crippen molar-refractivity contribution in [1.29, 1.82) is 0 Å². The minimum Gasteiger partial charge on any atom is -0.333 e. The van der Waals surface area contributed by atoms with Crippen LogP contribution in [0.15, 0.2) is 53.4 Å². The second-order valence-electron chi connectivity index (χ2n) is 9.05. The molecule has 1 aromatic heterocycles. The standard InChI is InChI=1S/C25H29N3O3S2/c1-18-9-11-20(12-10-18)33(30,31)27-16-13-19(14-17-27)25(29)28-15-5-4-7-22(28)24-26-21-6-2-3-8-23(21)32-24/h2-3,6,8-12,19,22H,4-5,7,13-17H2,1H3. The number of piperidine rings is 2. The van der Waals surface area contributed by atoms with E-state index in [1.54, 1.807) is 23.5 Å². The molecule has 1 amide bonds. The number of amides is 1. The van der Waals surface area contributed by atoms with Gasteiger partial charge in [-0.25, -0.2) is 13.4 Å². The van der Waals surface area contributed by atoms with Crippen molar-refractivity contribution in [3.05, 3.63) is 59.1 Å². The molecule has 0 aliphatic carbocycles. The lowest BCUT2D eigenvalue weighted by Crippen LogP contribution is -2.46. The van der Waals surface area contributed by atoms with Crippen LogP contribution in [-0.4, -0.2) is 48.1 Å². The molecule has 2 fully saturated rings. The lowest BCUT2D eigenvalue weighted by molar-refractivity contribution is -0.140. The van der Waals surface area contributed by atoms with E-state index in [0.29, 0.717) is 30.8 Å². The maximum atomic E-state index is 13.6. The van der Waals surface area contributed by atoms with Gasteiger partial charge in [0.2, 0.25) is 15.9 Å². The molecule has 0 bridgehead atoms. The third-order valence-electron chi connectivity index (χ3n) is 6.84. The van der Waals surface area contributed by atoms with E-state index in [1.807, 2.05) is 42.2 Å². The predicted molar refractivity (Wildman–Crippen MR) is 131 cm³/mol. The fourth-order valence-corrected chi connectivity index (χ4v) is 7.51.